The van der Waals surface area contributed by atoms with E-state index in [1.165, 1.54) is 0 Å². The number of oxazole rings is 1. The first-order valence-electron chi connectivity index (χ1n) is 9.70. The van der Waals surface area contributed by atoms with Gasteiger partial charge in [0.15, 0.2) is 5.96 Å². The van der Waals surface area contributed by atoms with Crippen molar-refractivity contribution in [2.45, 2.75) is 83.6 Å². The van der Waals surface area contributed by atoms with Crippen molar-refractivity contribution in [1.29, 1.82) is 0 Å². The number of hydrogen-bond donors (Lipinski definition) is 2. The molecule has 1 heterocycles. The monoisotopic (exact) mass is 382 g/mol. The highest BCUT2D eigenvalue weighted by Crippen LogP contribution is 2.24. The molecule has 0 amide bonds. The average molecular weight is 383 g/mol. The fourth-order valence-corrected chi connectivity index (χ4v) is 4.49. The normalized spacial score (nSPS) is 22.9. The minimum absolute atomic E-state index is 0.0518. The summed E-state index contributed by atoms with van der Waals surface area (Å²) in [6.45, 7) is 11.6. The van der Waals surface area contributed by atoms with Gasteiger partial charge in [-0.2, -0.15) is 0 Å². The third-order valence-corrected chi connectivity index (χ3v) is 6.37. The Morgan fingerprint density at radius 2 is 2.15 bits per heavy atom. The summed E-state index contributed by atoms with van der Waals surface area (Å²) in [4.78, 5) is 8.96. The summed E-state index contributed by atoms with van der Waals surface area (Å²) in [7, 11) is -0.717. The maximum atomic E-state index is 12.1. The molecule has 0 saturated heterocycles. The Bertz CT molecular complexity index is 621. The summed E-state index contributed by atoms with van der Waals surface area (Å²) in [6.07, 6.45) is 6.00. The Morgan fingerprint density at radius 3 is 2.77 bits per heavy atom. The molecule has 3 unspecified atom stereocenters. The lowest BCUT2D eigenvalue weighted by Crippen LogP contribution is -2.46. The van der Waals surface area contributed by atoms with Crippen molar-refractivity contribution < 1.29 is 8.63 Å². The minimum atomic E-state index is -0.717. The van der Waals surface area contributed by atoms with Gasteiger partial charge in [0, 0.05) is 39.8 Å². The molecule has 0 aromatic carbocycles. The second-order valence-corrected chi connectivity index (χ2v) is 9.87. The van der Waals surface area contributed by atoms with Crippen molar-refractivity contribution in [3.8, 4) is 0 Å². The van der Waals surface area contributed by atoms with Gasteiger partial charge in [0.25, 0.3) is 0 Å². The SMILES string of the molecule is CCNC(=NCc1ncc(C(C)(C)C)o1)NC1CCCC(S(=O)CC)C1. The van der Waals surface area contributed by atoms with Gasteiger partial charge in [0.2, 0.25) is 5.89 Å². The van der Waals surface area contributed by atoms with Crippen molar-refractivity contribution in [2.75, 3.05) is 12.3 Å². The molecule has 148 valence electrons. The number of rotatable bonds is 6. The van der Waals surface area contributed by atoms with Crippen molar-refractivity contribution >= 4 is 16.8 Å². The van der Waals surface area contributed by atoms with Crippen molar-refractivity contribution in [2.24, 2.45) is 4.99 Å². The second kappa shape index (κ2) is 9.53. The summed E-state index contributed by atoms with van der Waals surface area (Å²) < 4.78 is 18.0. The number of aromatic nitrogens is 1. The molecule has 1 aromatic heterocycles. The van der Waals surface area contributed by atoms with E-state index in [2.05, 4.69) is 48.3 Å². The molecule has 3 atom stereocenters. The third kappa shape index (κ3) is 6.11. The first kappa shape index (κ1) is 20.9. The molecule has 1 aliphatic carbocycles. The van der Waals surface area contributed by atoms with Gasteiger partial charge in [-0.15, -0.1) is 0 Å². The molecule has 1 aromatic rings. The Labute approximate surface area is 160 Å². The van der Waals surface area contributed by atoms with E-state index in [0.717, 1.165) is 49.7 Å². The Morgan fingerprint density at radius 1 is 1.38 bits per heavy atom. The van der Waals surface area contributed by atoms with Crippen LogP contribution >= 0.6 is 0 Å². The predicted octanol–water partition coefficient (Wildman–Crippen LogP) is 3.11. The molecule has 6 nitrogen and oxygen atoms in total. The lowest BCUT2D eigenvalue weighted by Gasteiger charge is -2.30. The molecule has 26 heavy (non-hydrogen) atoms. The maximum Gasteiger partial charge on any atom is 0.216 e. The van der Waals surface area contributed by atoms with Crippen LogP contribution in [0.2, 0.25) is 0 Å². The highest BCUT2D eigenvalue weighted by molar-refractivity contribution is 7.85. The largest absolute Gasteiger partial charge is 0.443 e. The number of nitrogens with one attached hydrogen (secondary N) is 2. The Kier molecular flexibility index (Phi) is 7.68. The molecule has 2 N–H and O–H groups in total. The van der Waals surface area contributed by atoms with Crippen LogP contribution in [-0.2, 0) is 22.8 Å². The van der Waals surface area contributed by atoms with Gasteiger partial charge in [-0.25, -0.2) is 9.98 Å². The van der Waals surface area contributed by atoms with Crippen LogP contribution in [0.5, 0.6) is 0 Å². The van der Waals surface area contributed by atoms with Crippen molar-refractivity contribution in [3.63, 3.8) is 0 Å². The quantitative estimate of drug-likeness (QED) is 0.584. The van der Waals surface area contributed by atoms with Gasteiger partial charge < -0.3 is 15.1 Å². The average Bonchev–Trinajstić information content (AvgIpc) is 3.09. The van der Waals surface area contributed by atoms with E-state index in [1.807, 2.05) is 6.92 Å². The van der Waals surface area contributed by atoms with E-state index < -0.39 is 10.8 Å². The minimum Gasteiger partial charge on any atom is -0.443 e. The number of hydrogen-bond acceptors (Lipinski definition) is 4. The zero-order valence-electron chi connectivity index (χ0n) is 16.8. The van der Waals surface area contributed by atoms with E-state index in [-0.39, 0.29) is 5.41 Å². The molecule has 1 aliphatic rings. The Balaban J connectivity index is 1.98. The van der Waals surface area contributed by atoms with Crippen LogP contribution in [0.15, 0.2) is 15.6 Å². The molecule has 1 fully saturated rings. The van der Waals surface area contributed by atoms with Gasteiger partial charge in [0.1, 0.15) is 12.3 Å². The van der Waals surface area contributed by atoms with Gasteiger partial charge in [-0.1, -0.05) is 34.1 Å². The maximum absolute atomic E-state index is 12.1. The molecule has 0 spiro atoms. The van der Waals surface area contributed by atoms with Gasteiger partial charge in [-0.05, 0) is 26.2 Å². The van der Waals surface area contributed by atoms with Crippen LogP contribution in [0.3, 0.4) is 0 Å². The van der Waals surface area contributed by atoms with Crippen LogP contribution in [0.4, 0.5) is 0 Å². The second-order valence-electron chi connectivity index (χ2n) is 7.86. The Hall–Kier alpha value is -1.37. The smallest absolute Gasteiger partial charge is 0.216 e. The molecule has 0 aliphatic heterocycles. The number of nitrogens with zero attached hydrogens (tertiary/aromatic N) is 2. The molecule has 0 bridgehead atoms. The predicted molar refractivity (Wildman–Crippen MR) is 108 cm³/mol. The van der Waals surface area contributed by atoms with E-state index in [0.29, 0.717) is 23.7 Å². The third-order valence-electron chi connectivity index (χ3n) is 4.63. The molecule has 7 heteroatoms. The fourth-order valence-electron chi connectivity index (χ4n) is 3.14. The summed E-state index contributed by atoms with van der Waals surface area (Å²) in [6, 6.07) is 0.316. The molecule has 1 saturated carbocycles. The summed E-state index contributed by atoms with van der Waals surface area (Å²) in [5.74, 6) is 3.01. The van der Waals surface area contributed by atoms with Gasteiger partial charge in [0.05, 0.1) is 6.20 Å². The number of guanidine groups is 1. The highest BCUT2D eigenvalue weighted by Gasteiger charge is 2.26. The van der Waals surface area contributed by atoms with E-state index >= 15 is 0 Å². The fraction of sp³-hybridized carbons (Fsp3) is 0.789. The van der Waals surface area contributed by atoms with E-state index in [9.17, 15) is 4.21 Å². The first-order valence-corrected chi connectivity index (χ1v) is 11.1. The molecular weight excluding hydrogens is 348 g/mol. The van der Waals surface area contributed by atoms with Crippen LogP contribution in [0.1, 0.15) is 72.0 Å². The summed E-state index contributed by atoms with van der Waals surface area (Å²) in [5.41, 5.74) is -0.0518. The van der Waals surface area contributed by atoms with Gasteiger partial charge in [-0.3, -0.25) is 4.21 Å². The standard InChI is InChI=1S/C19H34N4O2S/c1-6-20-18(22-13-17-21-12-16(25-17)19(3,4)5)23-14-9-8-10-15(11-14)26(24)7-2/h12,14-15H,6-11,13H2,1-5H3,(H2,20,22,23). The lowest BCUT2D eigenvalue weighted by molar-refractivity contribution is 0.382. The molecule has 0 radical (unpaired) electrons. The van der Waals surface area contributed by atoms with Gasteiger partial charge >= 0.3 is 0 Å². The molecular formula is C19H34N4O2S. The first-order chi connectivity index (χ1) is 12.3. The van der Waals surface area contributed by atoms with Crippen LogP contribution in [0.25, 0.3) is 0 Å². The number of aliphatic imine (C=N–C) groups is 1. The zero-order chi connectivity index (χ0) is 19.2. The van der Waals surface area contributed by atoms with Crippen LogP contribution < -0.4 is 10.6 Å². The summed E-state index contributed by atoms with van der Waals surface area (Å²) in [5, 5.41) is 7.10. The van der Waals surface area contributed by atoms with Crippen molar-refractivity contribution in [1.82, 2.24) is 15.6 Å². The van der Waals surface area contributed by atoms with E-state index in [1.54, 1.807) is 6.20 Å². The van der Waals surface area contributed by atoms with E-state index in [4.69, 9.17) is 4.42 Å². The zero-order valence-corrected chi connectivity index (χ0v) is 17.6. The summed E-state index contributed by atoms with van der Waals surface area (Å²) >= 11 is 0. The van der Waals surface area contributed by atoms with Crippen LogP contribution in [-0.4, -0.2) is 38.7 Å². The van der Waals surface area contributed by atoms with Crippen molar-refractivity contribution in [3.05, 3.63) is 17.8 Å². The van der Waals surface area contributed by atoms with Crippen LogP contribution in [0, 0.1) is 0 Å². The lowest BCUT2D eigenvalue weighted by atomic mass is 9.94. The topological polar surface area (TPSA) is 79.5 Å². The highest BCUT2D eigenvalue weighted by atomic mass is 32.2. The molecule has 2 rings (SSSR count).